The third-order valence-corrected chi connectivity index (χ3v) is 11.3. The second-order valence-electron chi connectivity index (χ2n) is 12.0. The first-order valence-electron chi connectivity index (χ1n) is 15.1. The molecular formula is C33H36Cl2N4O4S. The molecule has 0 unspecified atom stereocenters. The van der Waals surface area contributed by atoms with Gasteiger partial charge >= 0.3 is 0 Å². The number of anilines is 1. The Balaban J connectivity index is 1.20. The molecule has 1 aliphatic carbocycles. The maximum absolute atomic E-state index is 13.4. The van der Waals surface area contributed by atoms with E-state index in [-0.39, 0.29) is 38.5 Å². The molecule has 0 radical (unpaired) electrons. The van der Waals surface area contributed by atoms with Gasteiger partial charge < -0.3 is 20.5 Å². The van der Waals surface area contributed by atoms with Crippen LogP contribution in [-0.2, 0) is 31.6 Å². The van der Waals surface area contributed by atoms with Crippen molar-refractivity contribution in [3.05, 3.63) is 80.1 Å². The number of carbonyl (C=O) groups is 2. The van der Waals surface area contributed by atoms with Gasteiger partial charge in [-0.3, -0.25) is 9.59 Å². The van der Waals surface area contributed by atoms with Crippen LogP contribution in [0.1, 0.15) is 65.7 Å². The van der Waals surface area contributed by atoms with Crippen molar-refractivity contribution in [1.29, 1.82) is 0 Å². The van der Waals surface area contributed by atoms with Crippen LogP contribution in [0.25, 0.3) is 11.6 Å². The minimum atomic E-state index is -3.82. The highest BCUT2D eigenvalue weighted by Crippen LogP contribution is 2.37. The van der Waals surface area contributed by atoms with Gasteiger partial charge in [-0.25, -0.2) is 8.42 Å². The van der Waals surface area contributed by atoms with Gasteiger partial charge in [0.1, 0.15) is 0 Å². The van der Waals surface area contributed by atoms with E-state index in [1.54, 1.807) is 30.3 Å². The van der Waals surface area contributed by atoms with Gasteiger partial charge in [-0.1, -0.05) is 29.3 Å². The van der Waals surface area contributed by atoms with Gasteiger partial charge in [0.25, 0.3) is 5.91 Å². The summed E-state index contributed by atoms with van der Waals surface area (Å²) in [6.45, 7) is 5.64. The van der Waals surface area contributed by atoms with E-state index in [0.29, 0.717) is 41.3 Å². The van der Waals surface area contributed by atoms with Gasteiger partial charge in [0.05, 0.1) is 16.2 Å². The first-order chi connectivity index (χ1) is 21.0. The molecule has 1 saturated heterocycles. The van der Waals surface area contributed by atoms with Gasteiger partial charge in [-0.05, 0) is 93.5 Å². The van der Waals surface area contributed by atoms with Gasteiger partial charge in [0.2, 0.25) is 5.91 Å². The summed E-state index contributed by atoms with van der Waals surface area (Å²) < 4.78 is 26.8. The normalized spacial score (nSPS) is 19.1. The number of aromatic nitrogens is 1. The number of rotatable bonds is 10. The van der Waals surface area contributed by atoms with Crippen LogP contribution >= 0.6 is 23.2 Å². The van der Waals surface area contributed by atoms with Crippen molar-refractivity contribution in [1.82, 2.24) is 15.2 Å². The van der Waals surface area contributed by atoms with Crippen LogP contribution in [0.4, 0.5) is 5.69 Å². The van der Waals surface area contributed by atoms with Crippen LogP contribution in [0.3, 0.4) is 0 Å². The van der Waals surface area contributed by atoms with E-state index in [1.807, 2.05) is 18.7 Å². The summed E-state index contributed by atoms with van der Waals surface area (Å²) in [5.41, 5.74) is 5.47. The average molecular weight is 656 g/mol. The fourth-order valence-electron chi connectivity index (χ4n) is 6.27. The number of aryl methyl sites for hydroxylation is 1. The molecule has 232 valence electrons. The zero-order chi connectivity index (χ0) is 31.2. The predicted octanol–water partition coefficient (Wildman–Crippen LogP) is 6.08. The van der Waals surface area contributed by atoms with Crippen molar-refractivity contribution in [3.8, 4) is 0 Å². The van der Waals surface area contributed by atoms with Gasteiger partial charge in [0, 0.05) is 69.8 Å². The van der Waals surface area contributed by atoms with Crippen LogP contribution < -0.4 is 10.6 Å². The molecule has 0 spiro atoms. The molecule has 2 fully saturated rings. The smallest absolute Gasteiger partial charge is 0.256 e. The number of nitrogens with zero attached hydrogens (tertiary/aromatic N) is 1. The summed E-state index contributed by atoms with van der Waals surface area (Å²) >= 11 is 12.5. The summed E-state index contributed by atoms with van der Waals surface area (Å²) in [7, 11) is -3.82. The molecule has 6 rings (SSSR count). The average Bonchev–Trinajstić information content (AvgIpc) is 3.50. The first kappa shape index (κ1) is 30.9. The molecule has 1 aromatic heterocycles. The monoisotopic (exact) mass is 654 g/mol. The van der Waals surface area contributed by atoms with Crippen molar-refractivity contribution in [2.75, 3.05) is 18.4 Å². The van der Waals surface area contributed by atoms with Gasteiger partial charge in [-0.15, -0.1) is 0 Å². The highest BCUT2D eigenvalue weighted by atomic mass is 35.5. The van der Waals surface area contributed by atoms with Crippen molar-refractivity contribution in [3.63, 3.8) is 0 Å². The Morgan fingerprint density at radius 1 is 1.09 bits per heavy atom. The molecule has 1 saturated carbocycles. The number of halogens is 2. The molecule has 0 bridgehead atoms. The third-order valence-electron chi connectivity index (χ3n) is 8.96. The Morgan fingerprint density at radius 2 is 1.84 bits per heavy atom. The first-order valence-corrected chi connectivity index (χ1v) is 17.5. The molecule has 1 atom stereocenters. The molecule has 2 aromatic carbocycles. The van der Waals surface area contributed by atoms with Gasteiger partial charge in [-0.2, -0.15) is 0 Å². The molecule has 3 aromatic rings. The van der Waals surface area contributed by atoms with E-state index in [9.17, 15) is 18.0 Å². The summed E-state index contributed by atoms with van der Waals surface area (Å²) in [5, 5.41) is 6.96. The van der Waals surface area contributed by atoms with Crippen LogP contribution in [-0.4, -0.2) is 55.3 Å². The number of likely N-dealkylation sites (tertiary alicyclic amines) is 1. The number of carbonyl (C=O) groups excluding carboxylic acids is 2. The number of fused-ring (bicyclic) bond motifs is 1. The molecule has 8 nitrogen and oxygen atoms in total. The molecular weight excluding hydrogens is 619 g/mol. The zero-order valence-electron chi connectivity index (χ0n) is 24.8. The number of nitrogens with one attached hydrogen (secondary N) is 3. The molecule has 2 aliphatic heterocycles. The maximum Gasteiger partial charge on any atom is 0.256 e. The number of sulfone groups is 1. The molecule has 2 amide bonds. The summed E-state index contributed by atoms with van der Waals surface area (Å²) in [6, 6.07) is 10.4. The Kier molecular flexibility index (Phi) is 8.67. The second kappa shape index (κ2) is 12.4. The standard InChI is InChI=1S/C33H36Cl2N4O4S/c1-19-24(11-13-32(40)39-14-4-5-22(39)17-36-21-8-9-21)20(2)37-31(19)16-26-25-15-23(10-12-30(25)38-33(26)41)44(42,43)18-27-28(34)6-3-7-29(27)35/h3,6-7,10,12,15-16,21-22,36-37H,4-5,8-9,11,13-14,17-18H2,1-2H3,(H,38,41)/b26-16-/t22-/m0/s1. The van der Waals surface area contributed by atoms with E-state index in [0.717, 1.165) is 48.4 Å². The minimum absolute atomic E-state index is 0.0702. The van der Waals surface area contributed by atoms with Gasteiger partial charge in [0.15, 0.2) is 9.84 Å². The van der Waals surface area contributed by atoms with Crippen molar-refractivity contribution in [2.45, 2.75) is 75.1 Å². The van der Waals surface area contributed by atoms with E-state index in [4.69, 9.17) is 23.2 Å². The lowest BCUT2D eigenvalue weighted by molar-refractivity contribution is -0.131. The fourth-order valence-corrected chi connectivity index (χ4v) is 8.39. The SMILES string of the molecule is Cc1[nH]c(/C=C2\C(=O)Nc3ccc(S(=O)(=O)Cc4c(Cl)cccc4Cl)cc32)c(C)c1CCC(=O)N1CCC[C@H]1CNC1CC1. The predicted molar refractivity (Wildman–Crippen MR) is 175 cm³/mol. The van der Waals surface area contributed by atoms with Crippen LogP contribution in [0.2, 0.25) is 10.0 Å². The van der Waals surface area contributed by atoms with Crippen molar-refractivity contribution in [2.24, 2.45) is 0 Å². The lowest BCUT2D eigenvalue weighted by atomic mass is 10.0. The highest BCUT2D eigenvalue weighted by Gasteiger charge is 2.31. The lowest BCUT2D eigenvalue weighted by Crippen LogP contribution is -2.42. The fraction of sp³-hybridized carbons (Fsp3) is 0.394. The second-order valence-corrected chi connectivity index (χ2v) is 14.8. The maximum atomic E-state index is 13.4. The summed E-state index contributed by atoms with van der Waals surface area (Å²) in [5.74, 6) is -0.496. The molecule has 3 N–H and O–H groups in total. The van der Waals surface area contributed by atoms with Crippen LogP contribution in [0.15, 0.2) is 41.3 Å². The molecule has 11 heteroatoms. The number of hydrogen-bond acceptors (Lipinski definition) is 5. The number of amides is 2. The van der Waals surface area contributed by atoms with Crippen molar-refractivity contribution >= 4 is 62.2 Å². The highest BCUT2D eigenvalue weighted by molar-refractivity contribution is 7.90. The summed E-state index contributed by atoms with van der Waals surface area (Å²) in [4.78, 5) is 31.7. The minimum Gasteiger partial charge on any atom is -0.359 e. The third kappa shape index (κ3) is 6.33. The topological polar surface area (TPSA) is 111 Å². The quantitative estimate of drug-likeness (QED) is 0.230. The summed E-state index contributed by atoms with van der Waals surface area (Å²) in [6.07, 6.45) is 7.35. The molecule has 3 heterocycles. The van der Waals surface area contributed by atoms with E-state index in [1.165, 1.54) is 25.0 Å². The molecule has 44 heavy (non-hydrogen) atoms. The lowest BCUT2D eigenvalue weighted by Gasteiger charge is -2.25. The van der Waals surface area contributed by atoms with E-state index >= 15 is 0 Å². The Bertz CT molecular complexity index is 1760. The number of hydrogen-bond donors (Lipinski definition) is 3. The number of benzene rings is 2. The van der Waals surface area contributed by atoms with Crippen LogP contribution in [0, 0.1) is 13.8 Å². The Hall–Kier alpha value is -3.11. The number of aromatic amines is 1. The van der Waals surface area contributed by atoms with E-state index in [2.05, 4.69) is 15.6 Å². The Morgan fingerprint density at radius 3 is 2.57 bits per heavy atom. The van der Waals surface area contributed by atoms with Crippen molar-refractivity contribution < 1.29 is 18.0 Å². The Labute approximate surface area is 268 Å². The zero-order valence-corrected chi connectivity index (χ0v) is 27.1. The largest absolute Gasteiger partial charge is 0.359 e. The number of H-pyrrole nitrogens is 1. The van der Waals surface area contributed by atoms with E-state index < -0.39 is 9.84 Å². The molecule has 3 aliphatic rings. The van der Waals surface area contributed by atoms with Crippen LogP contribution in [0.5, 0.6) is 0 Å².